The summed E-state index contributed by atoms with van der Waals surface area (Å²) in [5.74, 6) is 0.837. The van der Waals surface area contributed by atoms with Gasteiger partial charge in [0.25, 0.3) is 11.1 Å². The molecule has 0 fully saturated rings. The summed E-state index contributed by atoms with van der Waals surface area (Å²) < 4.78 is 9.59. The highest BCUT2D eigenvalue weighted by Gasteiger charge is 2.12. The summed E-state index contributed by atoms with van der Waals surface area (Å²) in [5, 5.41) is 2.06. The van der Waals surface area contributed by atoms with Gasteiger partial charge >= 0.3 is 0 Å². The number of H-pyrrole nitrogens is 2. The first kappa shape index (κ1) is 23.1. The van der Waals surface area contributed by atoms with Crippen molar-refractivity contribution < 1.29 is 18.4 Å². The second kappa shape index (κ2) is 10.7. The number of aromatic nitrogens is 8. The number of nitrogens with one attached hydrogen (secondary N) is 3. The molecule has 0 aliphatic rings. The Morgan fingerprint density at radius 3 is 2.00 bits per heavy atom. The largest absolute Gasteiger partial charge is 0.460 e. The number of nitrogens with two attached hydrogens (primary N) is 1. The molecule has 0 aromatic carbocycles. The van der Waals surface area contributed by atoms with Crippen molar-refractivity contribution in [1.82, 2.24) is 39.9 Å². The van der Waals surface area contributed by atoms with Crippen molar-refractivity contribution >= 4 is 56.7 Å². The van der Waals surface area contributed by atoms with E-state index in [0.717, 1.165) is 0 Å². The monoisotopic (exact) mass is 494 g/mol. The molecule has 6 aromatic rings. The van der Waals surface area contributed by atoms with Gasteiger partial charge < -0.3 is 29.9 Å². The SMILES string of the molecule is Nc1ncnc2nc[nH]c12.O=C(Cl)c1ccco1.O=C(Nc1ncnc2nc[nH]c12)c1ccco1. The second-order valence-corrected chi connectivity index (χ2v) is 6.71. The molecule has 5 N–H and O–H groups in total. The molecule has 14 nitrogen and oxygen atoms in total. The third-order valence-corrected chi connectivity index (χ3v) is 4.35. The van der Waals surface area contributed by atoms with Crippen LogP contribution in [0, 0.1) is 0 Å². The van der Waals surface area contributed by atoms with Gasteiger partial charge in [-0.1, -0.05) is 0 Å². The van der Waals surface area contributed by atoms with Crippen LogP contribution in [0.4, 0.5) is 11.6 Å². The highest BCUT2D eigenvalue weighted by atomic mass is 35.5. The number of aromatic amines is 2. The molecule has 0 aliphatic heterocycles. The predicted molar refractivity (Wildman–Crippen MR) is 123 cm³/mol. The van der Waals surface area contributed by atoms with Crippen molar-refractivity contribution in [3.63, 3.8) is 0 Å². The van der Waals surface area contributed by atoms with E-state index >= 15 is 0 Å². The molecule has 0 saturated carbocycles. The molecule has 1 amide bonds. The number of carbonyl (C=O) groups excluding carboxylic acids is 2. The van der Waals surface area contributed by atoms with Gasteiger partial charge in [0.1, 0.15) is 23.7 Å². The van der Waals surface area contributed by atoms with Gasteiger partial charge in [-0.05, 0) is 35.9 Å². The number of halogens is 1. The summed E-state index contributed by atoms with van der Waals surface area (Å²) in [4.78, 5) is 51.0. The second-order valence-electron chi connectivity index (χ2n) is 6.37. The van der Waals surface area contributed by atoms with Crippen LogP contribution < -0.4 is 11.1 Å². The average molecular weight is 495 g/mol. The summed E-state index contributed by atoms with van der Waals surface area (Å²) in [7, 11) is 0. The van der Waals surface area contributed by atoms with Crippen molar-refractivity contribution in [2.45, 2.75) is 0 Å². The van der Waals surface area contributed by atoms with Crippen LogP contribution in [0.15, 0.2) is 70.9 Å². The highest BCUT2D eigenvalue weighted by molar-refractivity contribution is 6.67. The maximum atomic E-state index is 11.7. The molecule has 176 valence electrons. The average Bonchev–Trinajstić information content (AvgIpc) is 3.66. The van der Waals surface area contributed by atoms with Crippen LogP contribution in [0.3, 0.4) is 0 Å². The van der Waals surface area contributed by atoms with E-state index in [4.69, 9.17) is 21.8 Å². The number of fused-ring (bicyclic) bond motifs is 2. The zero-order valence-electron chi connectivity index (χ0n) is 17.5. The zero-order chi connectivity index (χ0) is 24.6. The minimum Gasteiger partial charge on any atom is -0.460 e. The van der Waals surface area contributed by atoms with Gasteiger partial charge in [0.15, 0.2) is 34.5 Å². The Morgan fingerprint density at radius 1 is 0.829 bits per heavy atom. The third-order valence-electron chi connectivity index (χ3n) is 4.17. The Kier molecular flexibility index (Phi) is 7.03. The lowest BCUT2D eigenvalue weighted by Crippen LogP contribution is -2.12. The Hall–Kier alpha value is -5.11. The van der Waals surface area contributed by atoms with Crippen molar-refractivity contribution in [2.24, 2.45) is 0 Å². The number of hydrogen-bond donors (Lipinski definition) is 4. The lowest BCUT2D eigenvalue weighted by atomic mass is 10.4. The maximum Gasteiger partial charge on any atom is 0.292 e. The summed E-state index contributed by atoms with van der Waals surface area (Å²) in [6.45, 7) is 0. The maximum absolute atomic E-state index is 11.7. The predicted octanol–water partition coefficient (Wildman–Crippen LogP) is 2.79. The van der Waals surface area contributed by atoms with Crippen LogP contribution in [-0.4, -0.2) is 51.0 Å². The van der Waals surface area contributed by atoms with E-state index in [-0.39, 0.29) is 17.4 Å². The fourth-order valence-corrected chi connectivity index (χ4v) is 2.72. The van der Waals surface area contributed by atoms with E-state index in [0.29, 0.717) is 34.0 Å². The molecule has 0 atom stereocenters. The van der Waals surface area contributed by atoms with Gasteiger partial charge in [-0.2, -0.15) is 0 Å². The Labute approximate surface area is 200 Å². The molecule has 35 heavy (non-hydrogen) atoms. The number of furan rings is 2. The van der Waals surface area contributed by atoms with E-state index in [1.807, 2.05) is 0 Å². The fraction of sp³-hybridized carbons (Fsp3) is 0. The van der Waals surface area contributed by atoms with E-state index < -0.39 is 5.24 Å². The fourth-order valence-electron chi connectivity index (χ4n) is 2.61. The molecule has 6 rings (SSSR count). The smallest absolute Gasteiger partial charge is 0.292 e. The number of carbonyl (C=O) groups is 2. The minimum absolute atomic E-state index is 0.187. The molecule has 0 saturated heterocycles. The topological polar surface area (TPSA) is 207 Å². The van der Waals surface area contributed by atoms with Gasteiger partial charge in [-0.15, -0.1) is 0 Å². The standard InChI is InChI=1S/C10H7N5O2.C5H3ClO2.C5H5N5/c16-10(6-2-1-3-17-6)15-9-7-8(12-4-11-7)13-5-14-9;6-5(7)4-2-1-3-8-4;6-4-3-5(9-1-7-3)10-2-8-4/h1-5H,(H2,11,12,13,14,15,16);1-3H;1-2H,(H3,6,7,8,9,10). The first-order chi connectivity index (χ1) is 17.0. The van der Waals surface area contributed by atoms with Crippen LogP contribution >= 0.6 is 11.6 Å². The van der Waals surface area contributed by atoms with Crippen LogP contribution in [0.2, 0.25) is 0 Å². The number of rotatable bonds is 3. The van der Waals surface area contributed by atoms with Crippen LogP contribution in [0.5, 0.6) is 0 Å². The molecule has 6 aromatic heterocycles. The molecule has 0 spiro atoms. The Balaban J connectivity index is 0.000000136. The number of anilines is 2. The molecule has 0 unspecified atom stereocenters. The zero-order valence-corrected chi connectivity index (χ0v) is 18.3. The third kappa shape index (κ3) is 5.63. The van der Waals surface area contributed by atoms with Crippen LogP contribution in [-0.2, 0) is 0 Å². The quantitative estimate of drug-likeness (QED) is 0.263. The number of nitrogen functional groups attached to an aromatic ring is 1. The summed E-state index contributed by atoms with van der Waals surface area (Å²) in [6, 6.07) is 6.33. The van der Waals surface area contributed by atoms with Crippen molar-refractivity contribution in [2.75, 3.05) is 11.1 Å². The molecular weight excluding hydrogens is 480 g/mol. The highest BCUT2D eigenvalue weighted by Crippen LogP contribution is 2.15. The molecule has 0 aliphatic carbocycles. The lowest BCUT2D eigenvalue weighted by Gasteiger charge is -2.01. The van der Waals surface area contributed by atoms with Crippen molar-refractivity contribution in [3.05, 3.63) is 73.6 Å². The van der Waals surface area contributed by atoms with Gasteiger partial charge in [0.2, 0.25) is 0 Å². The van der Waals surface area contributed by atoms with E-state index in [2.05, 4.69) is 49.6 Å². The first-order valence-corrected chi connectivity index (χ1v) is 10.0. The van der Waals surface area contributed by atoms with Gasteiger partial charge in [-0.3, -0.25) is 9.59 Å². The lowest BCUT2D eigenvalue weighted by molar-refractivity contribution is 0.0995. The van der Waals surface area contributed by atoms with E-state index in [1.165, 1.54) is 43.9 Å². The van der Waals surface area contributed by atoms with Gasteiger partial charge in [0.05, 0.1) is 25.2 Å². The Morgan fingerprint density at radius 2 is 1.43 bits per heavy atom. The summed E-state index contributed by atoms with van der Waals surface area (Å²) in [5.41, 5.74) is 7.85. The van der Waals surface area contributed by atoms with E-state index in [9.17, 15) is 9.59 Å². The minimum atomic E-state index is -0.560. The molecule has 0 bridgehead atoms. The number of hydrogen-bond acceptors (Lipinski definition) is 11. The van der Waals surface area contributed by atoms with Crippen LogP contribution in [0.1, 0.15) is 21.1 Å². The van der Waals surface area contributed by atoms with Crippen molar-refractivity contribution in [3.8, 4) is 0 Å². The van der Waals surface area contributed by atoms with Crippen LogP contribution in [0.25, 0.3) is 22.3 Å². The summed E-state index contributed by atoms with van der Waals surface area (Å²) >= 11 is 5.01. The summed E-state index contributed by atoms with van der Waals surface area (Å²) in [6.07, 6.45) is 8.58. The number of imidazole rings is 2. The molecule has 15 heteroatoms. The first-order valence-electron chi connectivity index (χ1n) is 9.64. The molecular formula is C20H15ClN10O4. The Bertz CT molecular complexity index is 1540. The number of nitrogens with zero attached hydrogens (tertiary/aromatic N) is 6. The van der Waals surface area contributed by atoms with Gasteiger partial charge in [0, 0.05) is 0 Å². The molecule has 0 radical (unpaired) electrons. The van der Waals surface area contributed by atoms with Crippen molar-refractivity contribution in [1.29, 1.82) is 0 Å². The van der Waals surface area contributed by atoms with E-state index in [1.54, 1.807) is 18.2 Å². The molecule has 6 heterocycles. The van der Waals surface area contributed by atoms with Gasteiger partial charge in [-0.25, -0.2) is 29.9 Å². The number of amides is 1. The normalized spacial score (nSPS) is 10.2.